The molecule has 0 aromatic heterocycles. The summed E-state index contributed by atoms with van der Waals surface area (Å²) in [6.07, 6.45) is -14.6. The van der Waals surface area contributed by atoms with Gasteiger partial charge in [-0.25, -0.2) is 4.79 Å². The van der Waals surface area contributed by atoms with Gasteiger partial charge in [0.05, 0.1) is 23.7 Å². The molecule has 0 saturated carbocycles. The number of nitriles is 1. The van der Waals surface area contributed by atoms with E-state index in [-0.39, 0.29) is 18.9 Å². The van der Waals surface area contributed by atoms with E-state index < -0.39 is 54.1 Å². The number of hydrogen-bond acceptors (Lipinski definition) is 5. The van der Waals surface area contributed by atoms with Crippen molar-refractivity contribution < 1.29 is 45.7 Å². The van der Waals surface area contributed by atoms with Crippen molar-refractivity contribution in [3.05, 3.63) is 59.2 Å². The Kier molecular flexibility index (Phi) is 7.35. The van der Waals surface area contributed by atoms with Crippen LogP contribution in [0.25, 0.3) is 0 Å². The van der Waals surface area contributed by atoms with Crippen molar-refractivity contribution in [3.63, 3.8) is 0 Å². The molecule has 7 nitrogen and oxygen atoms in total. The smallest absolute Gasteiger partial charge is 0.433 e. The normalized spacial score (nSPS) is 18.3. The van der Waals surface area contributed by atoms with Crippen LogP contribution >= 0.6 is 0 Å². The Bertz CT molecular complexity index is 1100. The molecule has 1 N–H and O–H groups in total. The molecule has 1 aliphatic rings. The maximum atomic E-state index is 13.6. The first-order chi connectivity index (χ1) is 16.3. The van der Waals surface area contributed by atoms with Gasteiger partial charge in [-0.05, 0) is 35.9 Å². The van der Waals surface area contributed by atoms with Gasteiger partial charge in [0, 0.05) is 19.3 Å². The summed E-state index contributed by atoms with van der Waals surface area (Å²) in [6, 6.07) is 9.90. The second kappa shape index (κ2) is 9.91. The van der Waals surface area contributed by atoms with Crippen molar-refractivity contribution in [1.82, 2.24) is 4.90 Å². The molecule has 1 saturated heterocycles. The minimum absolute atomic E-state index is 0.119. The summed E-state index contributed by atoms with van der Waals surface area (Å²) in [7, 11) is 1.39. The maximum absolute atomic E-state index is 13.6. The molecule has 2 aromatic carbocycles. The predicted molar refractivity (Wildman–Crippen MR) is 110 cm³/mol. The number of anilines is 1. The fourth-order valence-corrected chi connectivity index (χ4v) is 3.47. The summed E-state index contributed by atoms with van der Waals surface area (Å²) < 4.78 is 91.2. The Morgan fingerprint density at radius 2 is 1.86 bits per heavy atom. The molecule has 1 heterocycles. The summed E-state index contributed by atoms with van der Waals surface area (Å²) in [5.74, 6) is 0.287. The number of halogens is 6. The third-order valence-electron chi connectivity index (χ3n) is 5.15. The van der Waals surface area contributed by atoms with Crippen LogP contribution in [0.4, 0.5) is 36.8 Å². The number of carboxylic acid groups (broad SMARTS) is 1. The minimum atomic E-state index is -4.93. The van der Waals surface area contributed by atoms with Crippen molar-refractivity contribution in [2.45, 2.75) is 31.2 Å². The van der Waals surface area contributed by atoms with E-state index >= 15 is 0 Å². The molecule has 1 amide bonds. The zero-order chi connectivity index (χ0) is 26.0. The molecule has 0 spiro atoms. The first kappa shape index (κ1) is 26.0. The van der Waals surface area contributed by atoms with Crippen LogP contribution in [0.3, 0.4) is 0 Å². The number of alkyl halides is 6. The van der Waals surface area contributed by atoms with Crippen LogP contribution in [0.5, 0.6) is 5.75 Å². The van der Waals surface area contributed by atoms with Gasteiger partial charge in [-0.1, -0.05) is 12.1 Å². The molecule has 0 aliphatic carbocycles. The van der Waals surface area contributed by atoms with Crippen molar-refractivity contribution in [3.8, 4) is 11.8 Å². The second-order valence-electron chi connectivity index (χ2n) is 7.74. The van der Waals surface area contributed by atoms with Crippen LogP contribution in [0.2, 0.25) is 0 Å². The first-order valence-electron chi connectivity index (χ1n) is 10.1. The van der Waals surface area contributed by atoms with Crippen LogP contribution < -0.4 is 9.64 Å². The molecule has 2 unspecified atom stereocenters. The number of amides is 1. The van der Waals surface area contributed by atoms with E-state index in [1.807, 2.05) is 0 Å². The Morgan fingerprint density at radius 3 is 2.40 bits per heavy atom. The number of nitrogens with zero attached hydrogens (tertiary/aromatic N) is 3. The van der Waals surface area contributed by atoms with Gasteiger partial charge in [-0.2, -0.15) is 31.6 Å². The van der Waals surface area contributed by atoms with E-state index in [1.165, 1.54) is 25.2 Å². The number of carbonyl (C=O) groups is 1. The lowest BCUT2D eigenvalue weighted by Gasteiger charge is -2.27. The largest absolute Gasteiger partial charge is 0.491 e. The predicted octanol–water partition coefficient (Wildman–Crippen LogP) is 4.86. The standard InChI is InChI=1S/C22H19F6N3O4/c1-30(20(32)33)10-13-2-6-16(7-3-13)34-12-17-11-31(19(35-17)22(26,27)28)15-5-4-14(9-29)18(8-15)21(23,24)25/h2-8,17,19H,10-12H2,1H3,(H,32,33). The van der Waals surface area contributed by atoms with Gasteiger partial charge in [0.2, 0.25) is 6.23 Å². The average molecular weight is 503 g/mol. The molecule has 35 heavy (non-hydrogen) atoms. The number of hydrogen-bond donors (Lipinski definition) is 1. The van der Waals surface area contributed by atoms with Crippen LogP contribution in [-0.4, -0.2) is 54.8 Å². The molecular formula is C22H19F6N3O4. The highest BCUT2D eigenvalue weighted by atomic mass is 19.4. The highest BCUT2D eigenvalue weighted by Gasteiger charge is 2.51. The van der Waals surface area contributed by atoms with Crippen LogP contribution in [-0.2, 0) is 17.5 Å². The summed E-state index contributed by atoms with van der Waals surface area (Å²) in [4.78, 5) is 12.6. The summed E-state index contributed by atoms with van der Waals surface area (Å²) in [5.41, 5.74) is -1.79. The monoisotopic (exact) mass is 503 g/mol. The lowest BCUT2D eigenvalue weighted by atomic mass is 10.1. The van der Waals surface area contributed by atoms with Crippen molar-refractivity contribution in [2.75, 3.05) is 25.1 Å². The Labute approximate surface area is 195 Å². The molecule has 0 radical (unpaired) electrons. The van der Waals surface area contributed by atoms with E-state index in [0.29, 0.717) is 16.5 Å². The van der Waals surface area contributed by atoms with Crippen molar-refractivity contribution >= 4 is 11.8 Å². The summed E-state index contributed by atoms with van der Waals surface area (Å²) >= 11 is 0. The van der Waals surface area contributed by atoms with Gasteiger partial charge in [-0.15, -0.1) is 0 Å². The van der Waals surface area contributed by atoms with E-state index in [9.17, 15) is 31.1 Å². The SMILES string of the molecule is CN(Cc1ccc(OCC2CN(c3ccc(C#N)c(C(F)(F)F)c3)C(C(F)(F)F)O2)cc1)C(=O)O. The highest BCUT2D eigenvalue weighted by Crippen LogP contribution is 2.39. The second-order valence-corrected chi connectivity index (χ2v) is 7.74. The molecule has 1 fully saturated rings. The van der Waals surface area contributed by atoms with E-state index in [4.69, 9.17) is 19.8 Å². The minimum Gasteiger partial charge on any atom is -0.491 e. The molecule has 188 valence electrons. The third-order valence-corrected chi connectivity index (χ3v) is 5.15. The number of rotatable bonds is 6. The van der Waals surface area contributed by atoms with E-state index in [1.54, 1.807) is 12.1 Å². The number of ether oxygens (including phenoxy) is 2. The quantitative estimate of drug-likeness (QED) is 0.567. The van der Waals surface area contributed by atoms with Crippen LogP contribution in [0, 0.1) is 11.3 Å². The molecule has 0 bridgehead atoms. The fourth-order valence-electron chi connectivity index (χ4n) is 3.47. The van der Waals surface area contributed by atoms with E-state index in [0.717, 1.165) is 17.0 Å². The zero-order valence-electron chi connectivity index (χ0n) is 18.1. The number of benzene rings is 2. The molecule has 2 aromatic rings. The average Bonchev–Trinajstić information content (AvgIpc) is 3.22. The zero-order valence-corrected chi connectivity index (χ0v) is 18.1. The molecule has 2 atom stereocenters. The van der Waals surface area contributed by atoms with Crippen molar-refractivity contribution in [2.24, 2.45) is 0 Å². The Hall–Kier alpha value is -3.66. The van der Waals surface area contributed by atoms with Crippen LogP contribution in [0.15, 0.2) is 42.5 Å². The topological polar surface area (TPSA) is 86.0 Å². The molecule has 3 rings (SSSR count). The fraction of sp³-hybridized carbons (Fsp3) is 0.364. The lowest BCUT2D eigenvalue weighted by Crippen LogP contribution is -2.42. The maximum Gasteiger partial charge on any atom is 0.433 e. The Balaban J connectivity index is 1.73. The van der Waals surface area contributed by atoms with Gasteiger partial charge >= 0.3 is 18.4 Å². The van der Waals surface area contributed by atoms with Crippen molar-refractivity contribution in [1.29, 1.82) is 5.26 Å². The summed E-state index contributed by atoms with van der Waals surface area (Å²) in [5, 5.41) is 17.8. The van der Waals surface area contributed by atoms with E-state index in [2.05, 4.69) is 0 Å². The molecular weight excluding hydrogens is 484 g/mol. The third kappa shape index (κ3) is 6.27. The molecule has 13 heteroatoms. The highest BCUT2D eigenvalue weighted by molar-refractivity contribution is 5.64. The first-order valence-corrected chi connectivity index (χ1v) is 10.1. The molecule has 1 aliphatic heterocycles. The van der Waals surface area contributed by atoms with Crippen LogP contribution in [0.1, 0.15) is 16.7 Å². The lowest BCUT2D eigenvalue weighted by molar-refractivity contribution is -0.215. The van der Waals surface area contributed by atoms with Gasteiger partial charge in [-0.3, -0.25) is 0 Å². The van der Waals surface area contributed by atoms with Gasteiger partial charge in [0.15, 0.2) is 0 Å². The van der Waals surface area contributed by atoms with Gasteiger partial charge in [0.25, 0.3) is 0 Å². The summed E-state index contributed by atoms with van der Waals surface area (Å²) in [6.45, 7) is -0.608. The Morgan fingerprint density at radius 1 is 1.20 bits per heavy atom. The van der Waals surface area contributed by atoms with Gasteiger partial charge < -0.3 is 24.4 Å². The van der Waals surface area contributed by atoms with Gasteiger partial charge in [0.1, 0.15) is 18.5 Å².